The number of benzene rings is 3. The van der Waals surface area contributed by atoms with Gasteiger partial charge in [0.05, 0.1) is 26.4 Å². The smallest absolute Gasteiger partial charge is 0.161 e. The van der Waals surface area contributed by atoms with Crippen molar-refractivity contribution in [1.82, 2.24) is 5.32 Å². The van der Waals surface area contributed by atoms with Gasteiger partial charge in [0.1, 0.15) is 0 Å². The predicted octanol–water partition coefficient (Wildman–Crippen LogP) is 4.12. The topological polar surface area (TPSA) is 50.7 Å². The van der Waals surface area contributed by atoms with E-state index >= 15 is 0 Å². The first-order valence-corrected chi connectivity index (χ1v) is 9.51. The zero-order valence-corrected chi connectivity index (χ0v) is 16.2. The molecule has 3 aromatic rings. The van der Waals surface area contributed by atoms with Crippen molar-refractivity contribution in [2.45, 2.75) is 25.1 Å². The fourth-order valence-corrected chi connectivity index (χ4v) is 3.99. The van der Waals surface area contributed by atoms with Crippen LogP contribution in [0.15, 0.2) is 66.7 Å². The first-order chi connectivity index (χ1) is 13.7. The summed E-state index contributed by atoms with van der Waals surface area (Å²) in [6, 6.07) is 22.4. The third-order valence-electron chi connectivity index (χ3n) is 5.41. The van der Waals surface area contributed by atoms with Crippen LogP contribution in [0.1, 0.15) is 22.7 Å². The molecule has 28 heavy (non-hydrogen) atoms. The van der Waals surface area contributed by atoms with Gasteiger partial charge in [-0.1, -0.05) is 54.6 Å². The summed E-state index contributed by atoms with van der Waals surface area (Å²) in [7, 11) is 3.30. The standard InChI is InChI=1S/C24H25NO3/c1-27-22-13-18(20(14-23(22)28-2)16-8-4-3-5-9-16)15-25-24-19-11-7-6-10-17(19)12-21(24)26/h3-11,13-14,21,24-26H,12,15H2,1-2H3/t21-,24+/m0/s1. The number of aliphatic hydroxyl groups excluding tert-OH is 1. The molecule has 2 N–H and O–H groups in total. The number of rotatable bonds is 6. The van der Waals surface area contributed by atoms with Gasteiger partial charge in [0.2, 0.25) is 0 Å². The SMILES string of the molecule is COc1cc(CN[C@@H]2c3ccccc3C[C@@H]2O)c(-c2ccccc2)cc1OC. The molecule has 0 spiro atoms. The van der Waals surface area contributed by atoms with Crippen LogP contribution in [0, 0.1) is 0 Å². The molecule has 0 amide bonds. The van der Waals surface area contributed by atoms with Crippen LogP contribution in [0.25, 0.3) is 11.1 Å². The van der Waals surface area contributed by atoms with E-state index in [0.717, 1.165) is 16.7 Å². The van der Waals surface area contributed by atoms with Crippen LogP contribution in [-0.2, 0) is 13.0 Å². The van der Waals surface area contributed by atoms with Crippen LogP contribution in [0.4, 0.5) is 0 Å². The van der Waals surface area contributed by atoms with Gasteiger partial charge in [-0.25, -0.2) is 0 Å². The highest BCUT2D eigenvalue weighted by Gasteiger charge is 2.30. The minimum absolute atomic E-state index is 0.0760. The Hall–Kier alpha value is -2.82. The van der Waals surface area contributed by atoms with Crippen LogP contribution in [0.5, 0.6) is 11.5 Å². The fourth-order valence-electron chi connectivity index (χ4n) is 3.99. The van der Waals surface area contributed by atoms with Crippen molar-refractivity contribution >= 4 is 0 Å². The van der Waals surface area contributed by atoms with E-state index in [0.29, 0.717) is 24.5 Å². The number of ether oxygens (including phenoxy) is 2. The van der Waals surface area contributed by atoms with Gasteiger partial charge in [0.15, 0.2) is 11.5 Å². The molecule has 4 nitrogen and oxygen atoms in total. The molecule has 2 atom stereocenters. The van der Waals surface area contributed by atoms with Crippen molar-refractivity contribution in [3.05, 3.63) is 83.4 Å². The van der Waals surface area contributed by atoms with E-state index in [1.807, 2.05) is 42.5 Å². The van der Waals surface area contributed by atoms with E-state index in [1.54, 1.807) is 14.2 Å². The van der Waals surface area contributed by atoms with Crippen molar-refractivity contribution in [2.24, 2.45) is 0 Å². The Morgan fingerprint density at radius 2 is 1.61 bits per heavy atom. The van der Waals surface area contributed by atoms with Crippen LogP contribution in [0.2, 0.25) is 0 Å². The van der Waals surface area contributed by atoms with Gasteiger partial charge in [-0.3, -0.25) is 0 Å². The van der Waals surface area contributed by atoms with E-state index in [9.17, 15) is 5.11 Å². The fraction of sp³-hybridized carbons (Fsp3) is 0.250. The van der Waals surface area contributed by atoms with Gasteiger partial charge in [-0.05, 0) is 39.9 Å². The highest BCUT2D eigenvalue weighted by atomic mass is 16.5. The molecule has 0 bridgehead atoms. The first-order valence-electron chi connectivity index (χ1n) is 9.51. The maximum Gasteiger partial charge on any atom is 0.161 e. The van der Waals surface area contributed by atoms with Crippen molar-refractivity contribution in [1.29, 1.82) is 0 Å². The molecule has 0 heterocycles. The Bertz CT molecular complexity index is 955. The third-order valence-corrected chi connectivity index (χ3v) is 5.41. The van der Waals surface area contributed by atoms with Gasteiger partial charge in [0, 0.05) is 13.0 Å². The number of fused-ring (bicyclic) bond motifs is 1. The lowest BCUT2D eigenvalue weighted by Gasteiger charge is -2.21. The van der Waals surface area contributed by atoms with Crippen molar-refractivity contribution < 1.29 is 14.6 Å². The van der Waals surface area contributed by atoms with Crippen molar-refractivity contribution in [2.75, 3.05) is 14.2 Å². The largest absolute Gasteiger partial charge is 0.493 e. The summed E-state index contributed by atoms with van der Waals surface area (Å²) in [5.41, 5.74) is 5.69. The van der Waals surface area contributed by atoms with Crippen LogP contribution < -0.4 is 14.8 Å². The van der Waals surface area contributed by atoms with E-state index in [4.69, 9.17) is 9.47 Å². The molecule has 3 aromatic carbocycles. The average molecular weight is 375 g/mol. The Balaban J connectivity index is 1.67. The highest BCUT2D eigenvalue weighted by molar-refractivity contribution is 5.71. The second kappa shape index (κ2) is 8.05. The molecular formula is C24H25NO3. The third kappa shape index (κ3) is 3.49. The number of nitrogens with one attached hydrogen (secondary N) is 1. The number of hydrogen-bond donors (Lipinski definition) is 2. The second-order valence-electron chi connectivity index (χ2n) is 7.06. The van der Waals surface area contributed by atoms with Gasteiger partial charge in [-0.2, -0.15) is 0 Å². The number of methoxy groups -OCH3 is 2. The monoisotopic (exact) mass is 375 g/mol. The molecular weight excluding hydrogens is 350 g/mol. The molecule has 144 valence electrons. The molecule has 0 saturated carbocycles. The van der Waals surface area contributed by atoms with Gasteiger partial charge >= 0.3 is 0 Å². The maximum atomic E-state index is 10.6. The Kier molecular flexibility index (Phi) is 5.33. The summed E-state index contributed by atoms with van der Waals surface area (Å²) in [6.45, 7) is 0.612. The minimum Gasteiger partial charge on any atom is -0.493 e. The lowest BCUT2D eigenvalue weighted by Crippen LogP contribution is -2.28. The Morgan fingerprint density at radius 3 is 2.36 bits per heavy atom. The molecule has 0 radical (unpaired) electrons. The number of aliphatic hydroxyl groups is 1. The van der Waals surface area contributed by atoms with Crippen LogP contribution >= 0.6 is 0 Å². The Morgan fingerprint density at radius 1 is 0.929 bits per heavy atom. The highest BCUT2D eigenvalue weighted by Crippen LogP contribution is 2.37. The van der Waals surface area contributed by atoms with Gasteiger partial charge < -0.3 is 19.9 Å². The molecule has 1 aliphatic carbocycles. The first kappa shape index (κ1) is 18.5. The Labute approximate surface area is 165 Å². The summed E-state index contributed by atoms with van der Waals surface area (Å²) in [4.78, 5) is 0. The molecule has 0 aromatic heterocycles. The normalized spacial score (nSPS) is 18.0. The zero-order chi connectivity index (χ0) is 19.5. The molecule has 4 rings (SSSR count). The van der Waals surface area contributed by atoms with E-state index in [1.165, 1.54) is 11.1 Å². The lowest BCUT2D eigenvalue weighted by atomic mass is 9.98. The number of hydrogen-bond acceptors (Lipinski definition) is 4. The second-order valence-corrected chi connectivity index (χ2v) is 7.06. The van der Waals surface area contributed by atoms with Crippen molar-refractivity contribution in [3.8, 4) is 22.6 Å². The summed E-state index contributed by atoms with van der Waals surface area (Å²) in [5.74, 6) is 1.41. The van der Waals surface area contributed by atoms with Crippen LogP contribution in [-0.4, -0.2) is 25.4 Å². The van der Waals surface area contributed by atoms with E-state index in [2.05, 4.69) is 29.6 Å². The zero-order valence-electron chi connectivity index (χ0n) is 16.2. The summed E-state index contributed by atoms with van der Waals surface area (Å²) >= 11 is 0. The van der Waals surface area contributed by atoms with E-state index < -0.39 is 6.10 Å². The molecule has 0 fully saturated rings. The quantitative estimate of drug-likeness (QED) is 0.681. The molecule has 4 heteroatoms. The summed E-state index contributed by atoms with van der Waals surface area (Å²) < 4.78 is 11.0. The summed E-state index contributed by atoms with van der Waals surface area (Å²) in [6.07, 6.45) is 0.267. The van der Waals surface area contributed by atoms with Gasteiger partial charge in [0.25, 0.3) is 0 Å². The average Bonchev–Trinajstić information content (AvgIpc) is 3.07. The predicted molar refractivity (Wildman–Crippen MR) is 111 cm³/mol. The van der Waals surface area contributed by atoms with E-state index in [-0.39, 0.29) is 6.04 Å². The molecule has 0 aliphatic heterocycles. The maximum absolute atomic E-state index is 10.6. The minimum atomic E-state index is -0.419. The van der Waals surface area contributed by atoms with Crippen LogP contribution in [0.3, 0.4) is 0 Å². The lowest BCUT2D eigenvalue weighted by molar-refractivity contribution is 0.140. The molecule has 1 aliphatic rings. The summed E-state index contributed by atoms with van der Waals surface area (Å²) in [5, 5.41) is 14.1. The molecule has 0 unspecified atom stereocenters. The van der Waals surface area contributed by atoms with Crippen molar-refractivity contribution in [3.63, 3.8) is 0 Å². The van der Waals surface area contributed by atoms with Gasteiger partial charge in [-0.15, -0.1) is 0 Å². The molecule has 0 saturated heterocycles.